The van der Waals surface area contributed by atoms with Gasteiger partial charge in [0.25, 0.3) is 0 Å². The van der Waals surface area contributed by atoms with Crippen LogP contribution >= 0.6 is 0 Å². The van der Waals surface area contributed by atoms with Gasteiger partial charge in [0.15, 0.2) is 5.65 Å². The first-order chi connectivity index (χ1) is 16.9. The van der Waals surface area contributed by atoms with Crippen molar-refractivity contribution in [2.45, 2.75) is 56.7 Å². The number of aromatic nitrogens is 4. The fourth-order valence-corrected chi connectivity index (χ4v) is 4.85. The first-order valence-corrected chi connectivity index (χ1v) is 11.8. The molecular formula is C23H28F2N8O2. The number of carbonyl (C=O) groups is 1. The van der Waals surface area contributed by atoms with E-state index in [2.05, 4.69) is 20.6 Å². The molecule has 12 heteroatoms. The van der Waals surface area contributed by atoms with Crippen LogP contribution in [0, 0.1) is 11.6 Å². The SMILES string of the molecule is NC(=O)N1CCC(n2c(Nc3ccc(F)cc3F)nc3cnc(NC4CCC(O)CC4)nc32)CC1. The summed E-state index contributed by atoms with van der Waals surface area (Å²) in [6.07, 6.45) is 5.69. The molecule has 0 bridgehead atoms. The quantitative estimate of drug-likeness (QED) is 0.435. The molecule has 2 fully saturated rings. The predicted octanol–water partition coefficient (Wildman–Crippen LogP) is 3.28. The normalized spacial score (nSPS) is 21.3. The van der Waals surface area contributed by atoms with Crippen molar-refractivity contribution in [1.82, 2.24) is 24.4 Å². The molecule has 5 N–H and O–H groups in total. The summed E-state index contributed by atoms with van der Waals surface area (Å²) < 4.78 is 29.7. The average Bonchev–Trinajstić information content (AvgIpc) is 3.19. The first-order valence-electron chi connectivity index (χ1n) is 11.8. The number of nitrogens with two attached hydrogens (primary N) is 1. The van der Waals surface area contributed by atoms with Crippen LogP contribution in [-0.2, 0) is 0 Å². The molecular weight excluding hydrogens is 458 g/mol. The minimum atomic E-state index is -0.736. The molecule has 1 aromatic carbocycles. The molecule has 1 aliphatic carbocycles. The zero-order valence-electron chi connectivity index (χ0n) is 19.1. The molecule has 2 aliphatic rings. The largest absolute Gasteiger partial charge is 0.393 e. The maximum absolute atomic E-state index is 14.4. The minimum absolute atomic E-state index is 0.0748. The maximum Gasteiger partial charge on any atom is 0.314 e. The van der Waals surface area contributed by atoms with Gasteiger partial charge in [0.05, 0.1) is 18.0 Å². The summed E-state index contributed by atoms with van der Waals surface area (Å²) in [7, 11) is 0. The highest BCUT2D eigenvalue weighted by Crippen LogP contribution is 2.33. The van der Waals surface area contributed by atoms with Gasteiger partial charge in [0.2, 0.25) is 11.9 Å². The summed E-state index contributed by atoms with van der Waals surface area (Å²) >= 11 is 0. The zero-order valence-corrected chi connectivity index (χ0v) is 19.1. The number of hydrogen-bond donors (Lipinski definition) is 4. The van der Waals surface area contributed by atoms with E-state index in [0.29, 0.717) is 49.0 Å². The van der Waals surface area contributed by atoms with Gasteiger partial charge in [-0.05, 0) is 50.7 Å². The third-order valence-corrected chi connectivity index (χ3v) is 6.78. The van der Waals surface area contributed by atoms with Crippen molar-refractivity contribution < 1.29 is 18.7 Å². The van der Waals surface area contributed by atoms with Gasteiger partial charge in [-0.15, -0.1) is 0 Å². The molecule has 2 aromatic heterocycles. The van der Waals surface area contributed by atoms with Gasteiger partial charge in [-0.2, -0.15) is 4.98 Å². The highest BCUT2D eigenvalue weighted by molar-refractivity contribution is 5.77. The Morgan fingerprint density at radius 1 is 1.09 bits per heavy atom. The molecule has 1 saturated heterocycles. The van der Waals surface area contributed by atoms with Crippen LogP contribution in [0.1, 0.15) is 44.6 Å². The van der Waals surface area contributed by atoms with E-state index in [9.17, 15) is 18.7 Å². The fraction of sp³-hybridized carbons (Fsp3) is 0.478. The molecule has 186 valence electrons. The molecule has 10 nitrogen and oxygen atoms in total. The Hall–Kier alpha value is -3.54. The van der Waals surface area contributed by atoms with Crippen molar-refractivity contribution in [3.05, 3.63) is 36.0 Å². The summed E-state index contributed by atoms with van der Waals surface area (Å²) in [5, 5.41) is 16.1. The fourth-order valence-electron chi connectivity index (χ4n) is 4.85. The number of imidazole rings is 1. The van der Waals surface area contributed by atoms with Crippen molar-refractivity contribution in [3.8, 4) is 0 Å². The summed E-state index contributed by atoms with van der Waals surface area (Å²) in [6.45, 7) is 0.954. The smallest absolute Gasteiger partial charge is 0.314 e. The summed E-state index contributed by atoms with van der Waals surface area (Å²) in [5.41, 5.74) is 6.62. The number of aliphatic hydroxyl groups excluding tert-OH is 1. The topological polar surface area (TPSA) is 134 Å². The Kier molecular flexibility index (Phi) is 6.37. The Morgan fingerprint density at radius 3 is 2.51 bits per heavy atom. The van der Waals surface area contributed by atoms with E-state index in [1.165, 1.54) is 12.1 Å². The van der Waals surface area contributed by atoms with Gasteiger partial charge in [-0.3, -0.25) is 4.57 Å². The van der Waals surface area contributed by atoms with Gasteiger partial charge in [0, 0.05) is 31.2 Å². The monoisotopic (exact) mass is 486 g/mol. The number of urea groups is 1. The lowest BCUT2D eigenvalue weighted by molar-refractivity contribution is 0.126. The molecule has 0 spiro atoms. The number of nitrogens with zero attached hydrogens (tertiary/aromatic N) is 5. The molecule has 5 rings (SSSR count). The lowest BCUT2D eigenvalue weighted by Crippen LogP contribution is -2.42. The molecule has 0 radical (unpaired) electrons. The first kappa shape index (κ1) is 23.2. The third kappa shape index (κ3) is 4.97. The second-order valence-corrected chi connectivity index (χ2v) is 9.16. The number of piperidine rings is 1. The Bertz CT molecular complexity index is 1220. The van der Waals surface area contributed by atoms with E-state index < -0.39 is 17.7 Å². The number of benzene rings is 1. The van der Waals surface area contributed by atoms with E-state index in [-0.39, 0.29) is 23.9 Å². The lowest BCUT2D eigenvalue weighted by Gasteiger charge is -2.32. The Morgan fingerprint density at radius 2 is 1.83 bits per heavy atom. The summed E-state index contributed by atoms with van der Waals surface area (Å²) in [5.74, 6) is -0.596. The lowest BCUT2D eigenvalue weighted by atomic mass is 9.93. The zero-order chi connectivity index (χ0) is 24.5. The van der Waals surface area contributed by atoms with E-state index in [0.717, 1.165) is 31.7 Å². The highest BCUT2D eigenvalue weighted by Gasteiger charge is 2.28. The number of aliphatic hydroxyl groups is 1. The molecule has 35 heavy (non-hydrogen) atoms. The highest BCUT2D eigenvalue weighted by atomic mass is 19.1. The van der Waals surface area contributed by atoms with Crippen LogP contribution in [0.4, 0.5) is 31.2 Å². The van der Waals surface area contributed by atoms with E-state index in [4.69, 9.17) is 10.7 Å². The van der Waals surface area contributed by atoms with Gasteiger partial charge in [-0.25, -0.2) is 23.5 Å². The Labute approximate surface area is 200 Å². The predicted molar refractivity (Wildman–Crippen MR) is 126 cm³/mol. The number of hydrogen-bond acceptors (Lipinski definition) is 7. The van der Waals surface area contributed by atoms with Crippen LogP contribution in [0.5, 0.6) is 0 Å². The van der Waals surface area contributed by atoms with E-state index >= 15 is 0 Å². The molecule has 1 saturated carbocycles. The van der Waals surface area contributed by atoms with Gasteiger partial charge < -0.3 is 26.4 Å². The van der Waals surface area contributed by atoms with Gasteiger partial charge in [0.1, 0.15) is 17.2 Å². The summed E-state index contributed by atoms with van der Waals surface area (Å²) in [4.78, 5) is 26.9. The Balaban J connectivity index is 1.48. The van der Waals surface area contributed by atoms with Crippen molar-refractivity contribution in [1.29, 1.82) is 0 Å². The number of nitrogens with one attached hydrogen (secondary N) is 2. The number of rotatable bonds is 5. The van der Waals surface area contributed by atoms with Crippen molar-refractivity contribution in [3.63, 3.8) is 0 Å². The van der Waals surface area contributed by atoms with Gasteiger partial charge >= 0.3 is 6.03 Å². The number of carbonyl (C=O) groups excluding carboxylic acids is 1. The molecule has 0 atom stereocenters. The minimum Gasteiger partial charge on any atom is -0.393 e. The van der Waals surface area contributed by atoms with Crippen molar-refractivity contribution >= 4 is 34.8 Å². The molecule has 0 unspecified atom stereocenters. The second-order valence-electron chi connectivity index (χ2n) is 9.16. The number of likely N-dealkylation sites (tertiary alicyclic amines) is 1. The van der Waals surface area contributed by atoms with Crippen LogP contribution in [0.25, 0.3) is 11.2 Å². The van der Waals surface area contributed by atoms with Crippen LogP contribution in [0.15, 0.2) is 24.4 Å². The second kappa shape index (κ2) is 9.61. The van der Waals surface area contributed by atoms with Crippen LogP contribution < -0.4 is 16.4 Å². The third-order valence-electron chi connectivity index (χ3n) is 6.78. The molecule has 3 heterocycles. The molecule has 2 amide bonds. The summed E-state index contributed by atoms with van der Waals surface area (Å²) in [6, 6.07) is 2.93. The van der Waals surface area contributed by atoms with Crippen LogP contribution in [0.3, 0.4) is 0 Å². The maximum atomic E-state index is 14.4. The average molecular weight is 487 g/mol. The van der Waals surface area contributed by atoms with E-state index in [1.807, 2.05) is 4.57 Å². The molecule has 3 aromatic rings. The van der Waals surface area contributed by atoms with Crippen molar-refractivity contribution in [2.24, 2.45) is 5.73 Å². The molecule has 1 aliphatic heterocycles. The number of anilines is 3. The number of halogens is 2. The number of fused-ring (bicyclic) bond motifs is 1. The number of primary amides is 1. The van der Waals surface area contributed by atoms with E-state index in [1.54, 1.807) is 11.1 Å². The van der Waals surface area contributed by atoms with Crippen LogP contribution in [0.2, 0.25) is 0 Å². The van der Waals surface area contributed by atoms with Crippen molar-refractivity contribution in [2.75, 3.05) is 23.7 Å². The van der Waals surface area contributed by atoms with Gasteiger partial charge in [-0.1, -0.05) is 0 Å². The number of amides is 2. The standard InChI is InChI=1S/C23H28F2N8O2/c24-13-1-6-18(17(25)11-13)29-23-30-19-12-27-22(28-14-2-4-16(34)5-3-14)31-20(19)33(23)15-7-9-32(10-8-15)21(26)35/h1,6,11-12,14-16,34H,2-5,7-10H2,(H2,26,35)(H,29,30)(H,27,28,31). The van der Waals surface area contributed by atoms with Crippen LogP contribution in [-0.4, -0.2) is 60.8 Å².